The molecule has 0 spiro atoms. The third-order valence-corrected chi connectivity index (χ3v) is 4.91. The zero-order chi connectivity index (χ0) is 20.5. The molecule has 2 amide bonds. The van der Waals surface area contributed by atoms with Crippen LogP contribution in [-0.2, 0) is 4.74 Å². The minimum absolute atomic E-state index is 0.140. The number of aryl methyl sites for hydroxylation is 1. The van der Waals surface area contributed by atoms with Gasteiger partial charge < -0.3 is 19.7 Å². The number of para-hydroxylation sites is 1. The first-order chi connectivity index (χ1) is 14.2. The number of hydrogen-bond donors (Lipinski definition) is 1. The number of amides is 2. The second-order valence-electron chi connectivity index (χ2n) is 7.18. The van der Waals surface area contributed by atoms with Crippen LogP contribution in [0.1, 0.15) is 30.4 Å². The van der Waals surface area contributed by atoms with E-state index in [1.807, 2.05) is 48.2 Å². The molecule has 0 saturated carbocycles. The highest BCUT2D eigenvalue weighted by Gasteiger charge is 2.25. The van der Waals surface area contributed by atoms with Crippen molar-refractivity contribution in [2.75, 3.05) is 31.7 Å². The van der Waals surface area contributed by atoms with E-state index in [1.165, 1.54) is 0 Å². The molecule has 152 valence electrons. The Labute approximate surface area is 172 Å². The molecule has 1 aliphatic heterocycles. The fourth-order valence-corrected chi connectivity index (χ4v) is 3.50. The number of carbonyl (C=O) groups excluding carboxylic acids is 1. The van der Waals surface area contributed by atoms with Crippen LogP contribution in [0.15, 0.2) is 48.5 Å². The SMILES string of the molecule is Cc1cc(C#N)cc(NC(=O)N(CCCOc2ccccc2)C2CCOCC2)c1. The van der Waals surface area contributed by atoms with E-state index in [1.54, 1.807) is 12.1 Å². The molecule has 0 aromatic heterocycles. The first-order valence-corrected chi connectivity index (χ1v) is 10.0. The Morgan fingerprint density at radius 3 is 2.72 bits per heavy atom. The van der Waals surface area contributed by atoms with Gasteiger partial charge in [0.1, 0.15) is 5.75 Å². The molecule has 0 atom stereocenters. The Hall–Kier alpha value is -3.04. The molecule has 2 aromatic carbocycles. The first-order valence-electron chi connectivity index (χ1n) is 10.0. The van der Waals surface area contributed by atoms with Crippen molar-refractivity contribution in [2.24, 2.45) is 0 Å². The van der Waals surface area contributed by atoms with Crippen molar-refractivity contribution in [1.82, 2.24) is 4.90 Å². The molecular weight excluding hydrogens is 366 g/mol. The van der Waals surface area contributed by atoms with E-state index in [2.05, 4.69) is 11.4 Å². The minimum atomic E-state index is -0.147. The van der Waals surface area contributed by atoms with Crippen LogP contribution in [0.2, 0.25) is 0 Å². The summed E-state index contributed by atoms with van der Waals surface area (Å²) < 4.78 is 11.2. The Bertz CT molecular complexity index is 842. The molecule has 29 heavy (non-hydrogen) atoms. The van der Waals surface area contributed by atoms with E-state index >= 15 is 0 Å². The summed E-state index contributed by atoms with van der Waals surface area (Å²) in [6.07, 6.45) is 2.38. The van der Waals surface area contributed by atoms with Gasteiger partial charge in [0.25, 0.3) is 0 Å². The third kappa shape index (κ3) is 6.23. The van der Waals surface area contributed by atoms with Crippen LogP contribution in [0.25, 0.3) is 0 Å². The van der Waals surface area contributed by atoms with Gasteiger partial charge in [0, 0.05) is 31.5 Å². The molecule has 0 unspecified atom stereocenters. The van der Waals surface area contributed by atoms with Crippen molar-refractivity contribution in [1.29, 1.82) is 5.26 Å². The Morgan fingerprint density at radius 1 is 1.24 bits per heavy atom. The van der Waals surface area contributed by atoms with E-state index in [4.69, 9.17) is 9.47 Å². The summed E-state index contributed by atoms with van der Waals surface area (Å²) in [5, 5.41) is 12.1. The number of nitrogens with one attached hydrogen (secondary N) is 1. The molecule has 0 radical (unpaired) electrons. The fraction of sp³-hybridized carbons (Fsp3) is 0.391. The molecule has 6 heteroatoms. The average molecular weight is 393 g/mol. The van der Waals surface area contributed by atoms with E-state index < -0.39 is 0 Å². The molecule has 1 fully saturated rings. The van der Waals surface area contributed by atoms with Crippen LogP contribution < -0.4 is 10.1 Å². The van der Waals surface area contributed by atoms with Gasteiger partial charge in [-0.1, -0.05) is 18.2 Å². The molecule has 6 nitrogen and oxygen atoms in total. The van der Waals surface area contributed by atoms with Crippen molar-refractivity contribution < 1.29 is 14.3 Å². The van der Waals surface area contributed by atoms with E-state index in [9.17, 15) is 10.1 Å². The van der Waals surface area contributed by atoms with Crippen molar-refractivity contribution in [3.8, 4) is 11.8 Å². The molecule has 1 saturated heterocycles. The standard InChI is InChI=1S/C23H27N3O3/c1-18-14-19(17-24)16-20(15-18)25-23(27)26(21-8-12-28-13-9-21)10-5-11-29-22-6-3-2-4-7-22/h2-4,6-7,14-16,21H,5,8-13H2,1H3,(H,25,27). The predicted molar refractivity (Wildman–Crippen MR) is 112 cm³/mol. The van der Waals surface area contributed by atoms with E-state index in [-0.39, 0.29) is 12.1 Å². The summed E-state index contributed by atoms with van der Waals surface area (Å²) in [5.74, 6) is 0.832. The van der Waals surface area contributed by atoms with Gasteiger partial charge in [-0.05, 0) is 62.1 Å². The summed E-state index contributed by atoms with van der Waals surface area (Å²) in [5.41, 5.74) is 2.12. The van der Waals surface area contributed by atoms with Gasteiger partial charge in [0.15, 0.2) is 0 Å². The number of hydrogen-bond acceptors (Lipinski definition) is 4. The summed E-state index contributed by atoms with van der Waals surface area (Å²) in [4.78, 5) is 14.9. The number of ether oxygens (including phenoxy) is 2. The molecule has 1 heterocycles. The van der Waals surface area contributed by atoms with Crippen molar-refractivity contribution in [2.45, 2.75) is 32.2 Å². The number of benzene rings is 2. The zero-order valence-corrected chi connectivity index (χ0v) is 16.8. The lowest BCUT2D eigenvalue weighted by Crippen LogP contribution is -2.46. The quantitative estimate of drug-likeness (QED) is 0.710. The average Bonchev–Trinajstić information content (AvgIpc) is 2.74. The topological polar surface area (TPSA) is 74.6 Å². The molecule has 0 aliphatic carbocycles. The van der Waals surface area contributed by atoms with Gasteiger partial charge in [-0.15, -0.1) is 0 Å². The molecule has 3 rings (SSSR count). The second kappa shape index (κ2) is 10.5. The van der Waals surface area contributed by atoms with Gasteiger partial charge in [-0.3, -0.25) is 0 Å². The van der Waals surface area contributed by atoms with Gasteiger partial charge in [-0.25, -0.2) is 4.79 Å². The third-order valence-electron chi connectivity index (χ3n) is 4.91. The van der Waals surface area contributed by atoms with Crippen molar-refractivity contribution >= 4 is 11.7 Å². The Kier molecular flexibility index (Phi) is 7.48. The highest BCUT2D eigenvalue weighted by atomic mass is 16.5. The highest BCUT2D eigenvalue weighted by Crippen LogP contribution is 2.19. The number of nitriles is 1. The summed E-state index contributed by atoms with van der Waals surface area (Å²) >= 11 is 0. The normalized spacial score (nSPS) is 14.1. The monoisotopic (exact) mass is 393 g/mol. The molecule has 0 bridgehead atoms. The van der Waals surface area contributed by atoms with Crippen LogP contribution in [0.3, 0.4) is 0 Å². The largest absolute Gasteiger partial charge is 0.494 e. The van der Waals surface area contributed by atoms with Gasteiger partial charge >= 0.3 is 6.03 Å². The lowest BCUT2D eigenvalue weighted by atomic mass is 10.1. The molecule has 1 N–H and O–H groups in total. The number of nitrogens with zero attached hydrogens (tertiary/aromatic N) is 2. The summed E-state index contributed by atoms with van der Waals surface area (Å²) in [7, 11) is 0. The van der Waals surface area contributed by atoms with E-state index in [0.717, 1.165) is 30.6 Å². The minimum Gasteiger partial charge on any atom is -0.494 e. The highest BCUT2D eigenvalue weighted by molar-refractivity contribution is 5.89. The maximum absolute atomic E-state index is 13.0. The van der Waals surface area contributed by atoms with Crippen LogP contribution in [-0.4, -0.2) is 43.3 Å². The van der Waals surface area contributed by atoms with Crippen molar-refractivity contribution in [3.05, 3.63) is 59.7 Å². The smallest absolute Gasteiger partial charge is 0.322 e. The lowest BCUT2D eigenvalue weighted by Gasteiger charge is -2.34. The number of anilines is 1. The number of rotatable bonds is 7. The van der Waals surface area contributed by atoms with Gasteiger partial charge in [0.05, 0.1) is 18.2 Å². The molecule has 1 aliphatic rings. The van der Waals surface area contributed by atoms with Crippen LogP contribution in [0, 0.1) is 18.3 Å². The van der Waals surface area contributed by atoms with Crippen LogP contribution in [0.4, 0.5) is 10.5 Å². The van der Waals surface area contributed by atoms with Crippen molar-refractivity contribution in [3.63, 3.8) is 0 Å². The second-order valence-corrected chi connectivity index (χ2v) is 7.18. The Morgan fingerprint density at radius 2 is 2.00 bits per heavy atom. The van der Waals surface area contributed by atoms with E-state index in [0.29, 0.717) is 37.6 Å². The fourth-order valence-electron chi connectivity index (χ4n) is 3.50. The summed E-state index contributed by atoms with van der Waals surface area (Å²) in [6.45, 7) is 4.38. The van der Waals surface area contributed by atoms with Crippen LogP contribution >= 0.6 is 0 Å². The van der Waals surface area contributed by atoms with Crippen LogP contribution in [0.5, 0.6) is 5.75 Å². The van der Waals surface area contributed by atoms with Gasteiger partial charge in [0.2, 0.25) is 0 Å². The van der Waals surface area contributed by atoms with Gasteiger partial charge in [-0.2, -0.15) is 5.26 Å². The first kappa shape index (κ1) is 20.7. The summed E-state index contributed by atoms with van der Waals surface area (Å²) in [6, 6.07) is 17.2. The maximum Gasteiger partial charge on any atom is 0.322 e. The molecular formula is C23H27N3O3. The predicted octanol–water partition coefficient (Wildman–Crippen LogP) is 4.35. The maximum atomic E-state index is 13.0. The number of urea groups is 1. The molecule has 2 aromatic rings. The Balaban J connectivity index is 1.62. The number of carbonyl (C=O) groups is 1. The lowest BCUT2D eigenvalue weighted by molar-refractivity contribution is 0.0468. The zero-order valence-electron chi connectivity index (χ0n) is 16.8.